The first-order chi connectivity index (χ1) is 9.02. The van der Waals surface area contributed by atoms with E-state index in [9.17, 15) is 0 Å². The van der Waals surface area contributed by atoms with E-state index in [1.165, 1.54) is 0 Å². The van der Waals surface area contributed by atoms with Gasteiger partial charge in [0.05, 0.1) is 17.7 Å². The van der Waals surface area contributed by atoms with Crippen LogP contribution in [-0.2, 0) is 4.74 Å². The number of nitrogens with one attached hydrogen (secondary N) is 1. The van der Waals surface area contributed by atoms with Crippen LogP contribution in [0.1, 0.15) is 20.3 Å². The van der Waals surface area contributed by atoms with Crippen molar-refractivity contribution in [3.63, 3.8) is 0 Å². The molecule has 108 valence electrons. The molecule has 0 saturated carbocycles. The fourth-order valence-electron chi connectivity index (χ4n) is 1.53. The van der Waals surface area contributed by atoms with Crippen LogP contribution in [0.4, 0.5) is 0 Å². The van der Waals surface area contributed by atoms with Crippen molar-refractivity contribution in [2.45, 2.75) is 32.5 Å². The second kappa shape index (κ2) is 8.64. The maximum absolute atomic E-state index is 6.10. The van der Waals surface area contributed by atoms with E-state index >= 15 is 0 Å². The maximum atomic E-state index is 6.10. The number of rotatable bonds is 8. The average molecular weight is 306 g/mol. The molecule has 0 aromatic heterocycles. The second-order valence-electron chi connectivity index (χ2n) is 4.59. The van der Waals surface area contributed by atoms with Gasteiger partial charge in [-0.3, -0.25) is 0 Å². The van der Waals surface area contributed by atoms with Gasteiger partial charge in [0.25, 0.3) is 0 Å². The van der Waals surface area contributed by atoms with E-state index in [0.717, 1.165) is 13.0 Å². The monoisotopic (exact) mass is 305 g/mol. The molecule has 1 unspecified atom stereocenters. The van der Waals surface area contributed by atoms with Gasteiger partial charge in [-0.2, -0.15) is 0 Å². The van der Waals surface area contributed by atoms with Gasteiger partial charge in [0.15, 0.2) is 0 Å². The van der Waals surface area contributed by atoms with E-state index in [4.69, 9.17) is 32.7 Å². The minimum absolute atomic E-state index is 0.0338. The summed E-state index contributed by atoms with van der Waals surface area (Å²) in [6.45, 7) is 5.41. The Morgan fingerprint density at radius 2 is 2.00 bits per heavy atom. The summed E-state index contributed by atoms with van der Waals surface area (Å²) in [5.41, 5.74) is 0. The van der Waals surface area contributed by atoms with Gasteiger partial charge in [-0.05, 0) is 52.1 Å². The lowest BCUT2D eigenvalue weighted by Crippen LogP contribution is -2.28. The summed E-state index contributed by atoms with van der Waals surface area (Å²) < 4.78 is 11.5. The van der Waals surface area contributed by atoms with Crippen molar-refractivity contribution in [1.29, 1.82) is 0 Å². The minimum atomic E-state index is -0.0338. The molecule has 0 aliphatic rings. The average Bonchev–Trinajstić information content (AvgIpc) is 2.35. The van der Waals surface area contributed by atoms with Crippen LogP contribution >= 0.6 is 23.2 Å². The van der Waals surface area contributed by atoms with Crippen molar-refractivity contribution in [1.82, 2.24) is 5.32 Å². The zero-order valence-electron chi connectivity index (χ0n) is 11.6. The third-order valence-corrected chi connectivity index (χ3v) is 3.05. The molecule has 1 aromatic rings. The summed E-state index contributed by atoms with van der Waals surface area (Å²) >= 11 is 12.0. The van der Waals surface area contributed by atoms with Crippen molar-refractivity contribution < 1.29 is 9.47 Å². The third kappa shape index (κ3) is 6.48. The van der Waals surface area contributed by atoms with Crippen LogP contribution < -0.4 is 10.1 Å². The fraction of sp³-hybridized carbons (Fsp3) is 0.571. The van der Waals surface area contributed by atoms with E-state index < -0.39 is 0 Å². The predicted molar refractivity (Wildman–Crippen MR) is 80.5 cm³/mol. The number of hydrogen-bond donors (Lipinski definition) is 1. The Morgan fingerprint density at radius 3 is 2.58 bits per heavy atom. The number of halogens is 2. The Morgan fingerprint density at radius 1 is 1.26 bits per heavy atom. The topological polar surface area (TPSA) is 30.5 Å². The van der Waals surface area contributed by atoms with Gasteiger partial charge < -0.3 is 14.8 Å². The van der Waals surface area contributed by atoms with Gasteiger partial charge in [0.1, 0.15) is 11.9 Å². The van der Waals surface area contributed by atoms with Gasteiger partial charge in [-0.1, -0.05) is 23.2 Å². The Bertz CT molecular complexity index is 386. The molecule has 1 N–H and O–H groups in total. The van der Waals surface area contributed by atoms with E-state index in [1.54, 1.807) is 18.2 Å². The maximum Gasteiger partial charge on any atom is 0.138 e. The SMILES string of the molecule is CNCCC(COC(C)C)Oc1ccc(Cl)cc1Cl. The lowest BCUT2D eigenvalue weighted by atomic mass is 10.2. The number of benzene rings is 1. The van der Waals surface area contributed by atoms with Crippen molar-refractivity contribution in [2.24, 2.45) is 0 Å². The molecule has 5 heteroatoms. The van der Waals surface area contributed by atoms with Crippen LogP contribution in [0.15, 0.2) is 18.2 Å². The van der Waals surface area contributed by atoms with Gasteiger partial charge in [0.2, 0.25) is 0 Å². The van der Waals surface area contributed by atoms with Crippen molar-refractivity contribution >= 4 is 23.2 Å². The molecule has 0 bridgehead atoms. The van der Waals surface area contributed by atoms with Crippen LogP contribution in [0.2, 0.25) is 10.0 Å². The highest BCUT2D eigenvalue weighted by atomic mass is 35.5. The summed E-state index contributed by atoms with van der Waals surface area (Å²) in [7, 11) is 1.91. The molecule has 1 atom stereocenters. The number of ether oxygens (including phenoxy) is 2. The van der Waals surface area contributed by atoms with Crippen molar-refractivity contribution in [2.75, 3.05) is 20.2 Å². The normalized spacial score (nSPS) is 12.7. The largest absolute Gasteiger partial charge is 0.486 e. The molecule has 1 rings (SSSR count). The van der Waals surface area contributed by atoms with Crippen LogP contribution in [-0.4, -0.2) is 32.4 Å². The van der Waals surface area contributed by atoms with Gasteiger partial charge in [0, 0.05) is 5.02 Å². The van der Waals surface area contributed by atoms with Crippen molar-refractivity contribution in [3.05, 3.63) is 28.2 Å². The van der Waals surface area contributed by atoms with Crippen molar-refractivity contribution in [3.8, 4) is 5.75 Å². The van der Waals surface area contributed by atoms with E-state index in [2.05, 4.69) is 5.32 Å². The Hall–Kier alpha value is -0.480. The molecule has 0 aliphatic carbocycles. The molecule has 0 aliphatic heterocycles. The van der Waals surface area contributed by atoms with Crippen LogP contribution in [0.25, 0.3) is 0 Å². The van der Waals surface area contributed by atoms with Gasteiger partial charge in [-0.25, -0.2) is 0 Å². The molecule has 19 heavy (non-hydrogen) atoms. The molecular formula is C14H21Cl2NO2. The minimum Gasteiger partial charge on any atom is -0.486 e. The zero-order chi connectivity index (χ0) is 14.3. The Labute approximate surface area is 125 Å². The molecule has 0 heterocycles. The second-order valence-corrected chi connectivity index (χ2v) is 5.43. The lowest BCUT2D eigenvalue weighted by Gasteiger charge is -2.21. The molecule has 0 saturated heterocycles. The number of hydrogen-bond acceptors (Lipinski definition) is 3. The highest BCUT2D eigenvalue weighted by molar-refractivity contribution is 6.35. The highest BCUT2D eigenvalue weighted by Crippen LogP contribution is 2.28. The smallest absolute Gasteiger partial charge is 0.138 e. The van der Waals surface area contributed by atoms with Crippen LogP contribution in [0, 0.1) is 0 Å². The third-order valence-electron chi connectivity index (χ3n) is 2.52. The van der Waals surface area contributed by atoms with Gasteiger partial charge >= 0.3 is 0 Å². The molecule has 0 spiro atoms. The standard InChI is InChI=1S/C14H21Cl2NO2/c1-10(2)18-9-12(6-7-17-3)19-14-5-4-11(15)8-13(14)16/h4-5,8,10,12,17H,6-7,9H2,1-3H3. The Balaban J connectivity index is 2.63. The molecule has 0 radical (unpaired) electrons. The van der Waals surface area contributed by atoms with Crippen LogP contribution in [0.3, 0.4) is 0 Å². The first-order valence-corrected chi connectivity index (χ1v) is 7.16. The molecule has 1 aromatic carbocycles. The summed E-state index contributed by atoms with van der Waals surface area (Å²) in [4.78, 5) is 0. The quantitative estimate of drug-likeness (QED) is 0.793. The van der Waals surface area contributed by atoms with E-state index in [-0.39, 0.29) is 12.2 Å². The zero-order valence-corrected chi connectivity index (χ0v) is 13.1. The first kappa shape index (κ1) is 16.6. The fourth-order valence-corrected chi connectivity index (χ4v) is 1.98. The summed E-state index contributed by atoms with van der Waals surface area (Å²) in [5, 5.41) is 4.23. The summed E-state index contributed by atoms with van der Waals surface area (Å²) in [6, 6.07) is 5.23. The predicted octanol–water partition coefficient (Wildman–Crippen LogP) is 3.78. The molecular weight excluding hydrogens is 285 g/mol. The highest BCUT2D eigenvalue weighted by Gasteiger charge is 2.13. The summed E-state index contributed by atoms with van der Waals surface area (Å²) in [6.07, 6.45) is 0.997. The van der Waals surface area contributed by atoms with E-state index in [0.29, 0.717) is 22.4 Å². The first-order valence-electron chi connectivity index (χ1n) is 6.40. The molecule has 0 amide bonds. The molecule has 3 nitrogen and oxygen atoms in total. The Kier molecular flexibility index (Phi) is 7.54. The van der Waals surface area contributed by atoms with Crippen LogP contribution in [0.5, 0.6) is 5.75 Å². The lowest BCUT2D eigenvalue weighted by molar-refractivity contribution is 0.0137. The van der Waals surface area contributed by atoms with Gasteiger partial charge in [-0.15, -0.1) is 0 Å². The van der Waals surface area contributed by atoms with E-state index in [1.807, 2.05) is 20.9 Å². The molecule has 0 fully saturated rings. The summed E-state index contributed by atoms with van der Waals surface area (Å²) in [5.74, 6) is 0.638.